The van der Waals surface area contributed by atoms with Crippen LogP contribution in [0.2, 0.25) is 0 Å². The molecule has 0 fully saturated rings. The molecule has 0 aliphatic rings. The van der Waals surface area contributed by atoms with E-state index in [4.69, 9.17) is 4.74 Å². The highest BCUT2D eigenvalue weighted by Gasteiger charge is 2.12. The van der Waals surface area contributed by atoms with Gasteiger partial charge in [-0.15, -0.1) is 0 Å². The molecule has 0 aliphatic heterocycles. The molecule has 0 aliphatic carbocycles. The quantitative estimate of drug-likeness (QED) is 0.742. The van der Waals surface area contributed by atoms with Gasteiger partial charge in [0.05, 0.1) is 4.47 Å². The molecule has 2 aromatic rings. The van der Waals surface area contributed by atoms with Crippen LogP contribution >= 0.6 is 15.9 Å². The summed E-state index contributed by atoms with van der Waals surface area (Å²) in [6.45, 7) is 5.83. The summed E-state index contributed by atoms with van der Waals surface area (Å²) in [4.78, 5) is 12.3. The summed E-state index contributed by atoms with van der Waals surface area (Å²) in [5, 5.41) is 0. The summed E-state index contributed by atoms with van der Waals surface area (Å²) < 4.78 is 19.0. The Bertz CT molecular complexity index is 695. The predicted molar refractivity (Wildman–Crippen MR) is 84.6 cm³/mol. The van der Waals surface area contributed by atoms with Gasteiger partial charge in [-0.2, -0.15) is 0 Å². The number of carbonyl (C=O) groups is 1. The highest BCUT2D eigenvalue weighted by Crippen LogP contribution is 2.25. The van der Waals surface area contributed by atoms with Gasteiger partial charge in [0.2, 0.25) is 0 Å². The van der Waals surface area contributed by atoms with Crippen molar-refractivity contribution < 1.29 is 13.9 Å². The van der Waals surface area contributed by atoms with Gasteiger partial charge in [-0.1, -0.05) is 6.07 Å². The number of hydrogen-bond acceptors (Lipinski definition) is 2. The average molecular weight is 351 g/mol. The minimum Gasteiger partial charge on any atom is -0.484 e. The number of rotatable bonds is 4. The molecule has 0 unspecified atom stereocenters. The van der Waals surface area contributed by atoms with Crippen LogP contribution in [0.1, 0.15) is 27.0 Å². The molecule has 0 aromatic heterocycles. The molecule has 4 heteroatoms. The van der Waals surface area contributed by atoms with E-state index in [9.17, 15) is 9.18 Å². The summed E-state index contributed by atoms with van der Waals surface area (Å²) in [5.41, 5.74) is 3.83. The third-order valence-electron chi connectivity index (χ3n) is 3.39. The summed E-state index contributed by atoms with van der Waals surface area (Å²) >= 11 is 3.21. The maximum absolute atomic E-state index is 13.0. The van der Waals surface area contributed by atoms with Gasteiger partial charge in [0.25, 0.3) is 0 Å². The first-order chi connectivity index (χ1) is 9.88. The van der Waals surface area contributed by atoms with Gasteiger partial charge in [0.15, 0.2) is 12.4 Å². The highest BCUT2D eigenvalue weighted by molar-refractivity contribution is 9.10. The lowest BCUT2D eigenvalue weighted by Crippen LogP contribution is -2.13. The van der Waals surface area contributed by atoms with Gasteiger partial charge >= 0.3 is 0 Å². The lowest BCUT2D eigenvalue weighted by atomic mass is 9.98. The second-order valence-electron chi connectivity index (χ2n) is 5.04. The third-order valence-corrected chi connectivity index (χ3v) is 4.01. The number of carbonyl (C=O) groups excluding carboxylic acids is 1. The van der Waals surface area contributed by atoms with Gasteiger partial charge in [0.1, 0.15) is 11.6 Å². The molecule has 0 N–H and O–H groups in total. The predicted octanol–water partition coefficient (Wildman–Crippen LogP) is 4.78. The maximum Gasteiger partial charge on any atom is 0.200 e. The lowest BCUT2D eigenvalue weighted by Gasteiger charge is -2.11. The summed E-state index contributed by atoms with van der Waals surface area (Å²) in [7, 11) is 0. The van der Waals surface area contributed by atoms with Gasteiger partial charge in [-0.05, 0) is 77.7 Å². The van der Waals surface area contributed by atoms with E-state index in [-0.39, 0.29) is 18.2 Å². The molecule has 2 nitrogen and oxygen atoms in total. The van der Waals surface area contributed by atoms with Crippen LogP contribution in [0.5, 0.6) is 5.75 Å². The van der Waals surface area contributed by atoms with E-state index in [1.165, 1.54) is 18.2 Å². The van der Waals surface area contributed by atoms with Crippen molar-refractivity contribution >= 4 is 21.7 Å². The van der Waals surface area contributed by atoms with Gasteiger partial charge in [-0.3, -0.25) is 4.79 Å². The Hall–Kier alpha value is -1.68. The Labute approximate surface area is 132 Å². The summed E-state index contributed by atoms with van der Waals surface area (Å²) in [6, 6.07) is 7.99. The van der Waals surface area contributed by atoms with Crippen LogP contribution in [0.25, 0.3) is 0 Å². The number of benzene rings is 2. The van der Waals surface area contributed by atoms with Crippen molar-refractivity contribution in [2.24, 2.45) is 0 Å². The molecular formula is C17H16BrFO2. The second kappa shape index (κ2) is 6.39. The van der Waals surface area contributed by atoms with E-state index in [1.807, 2.05) is 32.9 Å². The molecule has 0 bridgehead atoms. The van der Waals surface area contributed by atoms with E-state index >= 15 is 0 Å². The first kappa shape index (κ1) is 15.7. The number of ketones is 1. The topological polar surface area (TPSA) is 26.3 Å². The zero-order valence-corrected chi connectivity index (χ0v) is 13.8. The van der Waals surface area contributed by atoms with Crippen molar-refractivity contribution in [3.05, 3.63) is 62.9 Å². The molecule has 0 atom stereocenters. The van der Waals surface area contributed by atoms with Crippen LogP contribution in [0.15, 0.2) is 34.8 Å². The second-order valence-corrected chi connectivity index (χ2v) is 5.89. The highest BCUT2D eigenvalue weighted by atomic mass is 79.9. The third kappa shape index (κ3) is 3.70. The number of aryl methyl sites for hydroxylation is 3. The van der Waals surface area contributed by atoms with Crippen LogP contribution in [0.4, 0.5) is 4.39 Å². The summed E-state index contributed by atoms with van der Waals surface area (Å²) in [6.07, 6.45) is 0. The number of halogens is 2. The maximum atomic E-state index is 13.0. The molecular weight excluding hydrogens is 335 g/mol. The lowest BCUT2D eigenvalue weighted by molar-refractivity contribution is 0.0920. The molecule has 0 saturated carbocycles. The monoisotopic (exact) mass is 350 g/mol. The van der Waals surface area contributed by atoms with E-state index in [0.717, 1.165) is 16.7 Å². The fourth-order valence-corrected chi connectivity index (χ4v) is 2.54. The minimum atomic E-state index is -0.356. The van der Waals surface area contributed by atoms with Crippen LogP contribution in [-0.4, -0.2) is 12.4 Å². The fraction of sp³-hybridized carbons (Fsp3) is 0.235. The van der Waals surface area contributed by atoms with Crippen molar-refractivity contribution in [3.8, 4) is 5.75 Å². The number of Topliss-reactive ketones (excluding diaryl/α,β-unsaturated/α-hetero) is 1. The first-order valence-corrected chi connectivity index (χ1v) is 7.36. The van der Waals surface area contributed by atoms with Crippen LogP contribution in [-0.2, 0) is 0 Å². The zero-order valence-electron chi connectivity index (χ0n) is 12.2. The molecule has 110 valence electrons. The van der Waals surface area contributed by atoms with E-state index in [0.29, 0.717) is 15.8 Å². The number of hydrogen-bond donors (Lipinski definition) is 0. The van der Waals surface area contributed by atoms with E-state index in [1.54, 1.807) is 0 Å². The minimum absolute atomic E-state index is 0.0758. The summed E-state index contributed by atoms with van der Waals surface area (Å²) in [5.74, 6) is 0.00335. The largest absolute Gasteiger partial charge is 0.484 e. The molecule has 0 radical (unpaired) electrons. The van der Waals surface area contributed by atoms with E-state index < -0.39 is 0 Å². The Balaban J connectivity index is 2.13. The standard InChI is InChI=1S/C17H16BrFO2/c1-10-6-12(3)14(7-11(10)2)16(20)9-21-17-5-4-13(19)8-15(17)18/h4-8H,9H2,1-3H3. The van der Waals surface area contributed by atoms with Crippen molar-refractivity contribution in [3.63, 3.8) is 0 Å². The normalized spacial score (nSPS) is 10.5. The molecule has 2 rings (SSSR count). The first-order valence-electron chi connectivity index (χ1n) is 6.57. The van der Waals surface area contributed by atoms with Gasteiger partial charge < -0.3 is 4.74 Å². The van der Waals surface area contributed by atoms with Crippen molar-refractivity contribution in [1.29, 1.82) is 0 Å². The van der Waals surface area contributed by atoms with Gasteiger partial charge in [0, 0.05) is 5.56 Å². The Morgan fingerprint density at radius 1 is 1.10 bits per heavy atom. The zero-order chi connectivity index (χ0) is 15.6. The van der Waals surface area contributed by atoms with Crippen LogP contribution in [0, 0.1) is 26.6 Å². The Morgan fingerprint density at radius 2 is 1.76 bits per heavy atom. The van der Waals surface area contributed by atoms with Crippen LogP contribution in [0.3, 0.4) is 0 Å². The van der Waals surface area contributed by atoms with Crippen molar-refractivity contribution in [2.75, 3.05) is 6.61 Å². The molecule has 21 heavy (non-hydrogen) atoms. The van der Waals surface area contributed by atoms with Crippen molar-refractivity contribution in [1.82, 2.24) is 0 Å². The Morgan fingerprint density at radius 3 is 2.43 bits per heavy atom. The molecule has 0 spiro atoms. The fourth-order valence-electron chi connectivity index (χ4n) is 2.07. The Kier molecular flexibility index (Phi) is 4.78. The number of ether oxygens (including phenoxy) is 1. The SMILES string of the molecule is Cc1cc(C)c(C(=O)COc2ccc(F)cc2Br)cc1C. The van der Waals surface area contributed by atoms with Crippen molar-refractivity contribution in [2.45, 2.75) is 20.8 Å². The van der Waals surface area contributed by atoms with Gasteiger partial charge in [-0.25, -0.2) is 4.39 Å². The van der Waals surface area contributed by atoms with E-state index in [2.05, 4.69) is 15.9 Å². The smallest absolute Gasteiger partial charge is 0.200 e. The molecule has 0 heterocycles. The molecule has 2 aromatic carbocycles. The molecule has 0 amide bonds. The van der Waals surface area contributed by atoms with Crippen LogP contribution < -0.4 is 4.74 Å². The average Bonchev–Trinajstić information content (AvgIpc) is 2.41. The molecule has 0 saturated heterocycles.